The van der Waals surface area contributed by atoms with Crippen molar-refractivity contribution in [2.45, 2.75) is 27.7 Å². The molecule has 0 radical (unpaired) electrons. The van der Waals surface area contributed by atoms with E-state index in [1.165, 1.54) is 12.3 Å². The van der Waals surface area contributed by atoms with Gasteiger partial charge in [-0.05, 0) is 23.8 Å². The minimum absolute atomic E-state index is 0.0567. The maximum absolute atomic E-state index is 13.6. The summed E-state index contributed by atoms with van der Waals surface area (Å²) in [6.45, 7) is 8.98. The molecule has 0 aliphatic rings. The Morgan fingerprint density at radius 1 is 1.37 bits per heavy atom. The Bertz CT molecular complexity index is 438. The van der Waals surface area contributed by atoms with E-state index in [0.717, 1.165) is 0 Å². The summed E-state index contributed by atoms with van der Waals surface area (Å²) in [5, 5.41) is 2.77. The molecular weight excluding hydrogens is 245 g/mol. The lowest BCUT2D eigenvalue weighted by Gasteiger charge is -2.25. The number of nitrogens with zero attached hydrogens (tertiary/aromatic N) is 1. The Hall–Kier alpha value is -1.65. The van der Waals surface area contributed by atoms with Crippen LogP contribution in [0, 0.1) is 23.6 Å². The van der Waals surface area contributed by atoms with E-state index >= 15 is 0 Å². The molecule has 1 rings (SSSR count). The van der Waals surface area contributed by atoms with Crippen LogP contribution in [-0.4, -0.2) is 17.4 Å². The first-order chi connectivity index (χ1) is 8.84. The summed E-state index contributed by atoms with van der Waals surface area (Å²) in [4.78, 5) is 15.5. The predicted molar refractivity (Wildman–Crippen MR) is 74.1 cm³/mol. The van der Waals surface area contributed by atoms with Crippen molar-refractivity contribution in [1.29, 1.82) is 0 Å². The Morgan fingerprint density at radius 2 is 1.95 bits per heavy atom. The number of halogens is 1. The van der Waals surface area contributed by atoms with E-state index in [-0.39, 0.29) is 11.4 Å². The van der Waals surface area contributed by atoms with Crippen LogP contribution in [0.2, 0.25) is 0 Å². The van der Waals surface area contributed by atoms with Gasteiger partial charge in [0.2, 0.25) is 0 Å². The molecule has 0 bridgehead atoms. The largest absolute Gasteiger partial charge is 0.381 e. The summed E-state index contributed by atoms with van der Waals surface area (Å²) in [6.07, 6.45) is 1.33. The third-order valence-corrected chi connectivity index (χ3v) is 3.37. The second-order valence-electron chi connectivity index (χ2n) is 5.42. The molecule has 5 heteroatoms. The van der Waals surface area contributed by atoms with Gasteiger partial charge in [0.25, 0.3) is 5.91 Å². The van der Waals surface area contributed by atoms with Gasteiger partial charge in [0, 0.05) is 12.7 Å². The summed E-state index contributed by atoms with van der Waals surface area (Å²) < 4.78 is 13.6. The molecule has 1 heterocycles. The van der Waals surface area contributed by atoms with Gasteiger partial charge in [-0.25, -0.2) is 9.37 Å². The first-order valence-electron chi connectivity index (χ1n) is 6.52. The van der Waals surface area contributed by atoms with Gasteiger partial charge in [0.05, 0.1) is 5.56 Å². The maximum atomic E-state index is 13.6. The molecule has 0 aliphatic heterocycles. The highest BCUT2D eigenvalue weighted by molar-refractivity contribution is 5.95. The molecule has 0 atom stereocenters. The van der Waals surface area contributed by atoms with Crippen molar-refractivity contribution in [3.05, 3.63) is 23.6 Å². The average molecular weight is 267 g/mol. The number of hydrogen-bond donors (Lipinski definition) is 2. The fourth-order valence-electron chi connectivity index (χ4n) is 2.18. The van der Waals surface area contributed by atoms with Crippen LogP contribution in [0.15, 0.2) is 12.3 Å². The second-order valence-corrected chi connectivity index (χ2v) is 5.42. The van der Waals surface area contributed by atoms with Crippen LogP contribution in [0.5, 0.6) is 0 Å². The number of nitrogens with one attached hydrogen (secondary N) is 1. The van der Waals surface area contributed by atoms with Gasteiger partial charge >= 0.3 is 0 Å². The van der Waals surface area contributed by atoms with E-state index in [2.05, 4.69) is 38.0 Å². The van der Waals surface area contributed by atoms with E-state index in [9.17, 15) is 9.18 Å². The molecule has 4 nitrogen and oxygen atoms in total. The molecule has 0 fully saturated rings. The average Bonchev–Trinajstić information content (AvgIpc) is 2.31. The van der Waals surface area contributed by atoms with Crippen LogP contribution in [-0.2, 0) is 0 Å². The molecule has 0 saturated carbocycles. The minimum Gasteiger partial charge on any atom is -0.381 e. The van der Waals surface area contributed by atoms with Crippen LogP contribution < -0.4 is 11.1 Å². The highest BCUT2D eigenvalue weighted by Gasteiger charge is 2.20. The number of nitrogens with two attached hydrogens (primary N) is 1. The third kappa shape index (κ3) is 3.91. The topological polar surface area (TPSA) is 68.0 Å². The van der Waals surface area contributed by atoms with Crippen LogP contribution >= 0.6 is 0 Å². The fraction of sp³-hybridized carbons (Fsp3) is 0.571. The van der Waals surface area contributed by atoms with Gasteiger partial charge in [0.1, 0.15) is 0 Å². The SMILES string of the molecule is CC(C)C(CNC(=O)c1ccnc(N)c1F)C(C)C. The third-order valence-electron chi connectivity index (χ3n) is 3.37. The van der Waals surface area contributed by atoms with Gasteiger partial charge in [-0.2, -0.15) is 0 Å². The molecule has 0 aromatic carbocycles. The number of pyridine rings is 1. The zero-order valence-corrected chi connectivity index (χ0v) is 11.9. The summed E-state index contributed by atoms with van der Waals surface area (Å²) in [5.41, 5.74) is 5.29. The van der Waals surface area contributed by atoms with Crippen molar-refractivity contribution >= 4 is 11.7 Å². The number of aromatic nitrogens is 1. The summed E-state index contributed by atoms with van der Waals surface area (Å²) >= 11 is 0. The van der Waals surface area contributed by atoms with E-state index < -0.39 is 11.7 Å². The highest BCUT2D eigenvalue weighted by Crippen LogP contribution is 2.20. The second kappa shape index (κ2) is 6.50. The lowest BCUT2D eigenvalue weighted by atomic mass is 9.85. The molecule has 3 N–H and O–H groups in total. The quantitative estimate of drug-likeness (QED) is 0.861. The molecule has 0 aliphatic carbocycles. The Morgan fingerprint density at radius 3 is 2.47 bits per heavy atom. The molecular formula is C14H22FN3O. The Balaban J connectivity index is 2.72. The predicted octanol–water partition coefficient (Wildman–Crippen LogP) is 2.46. The van der Waals surface area contributed by atoms with Crippen molar-refractivity contribution in [3.8, 4) is 0 Å². The number of rotatable bonds is 5. The first-order valence-corrected chi connectivity index (χ1v) is 6.52. The number of carbonyl (C=O) groups excluding carboxylic acids is 1. The number of carbonyl (C=O) groups is 1. The van der Waals surface area contributed by atoms with Gasteiger partial charge < -0.3 is 11.1 Å². The van der Waals surface area contributed by atoms with E-state index in [0.29, 0.717) is 24.3 Å². The highest BCUT2D eigenvalue weighted by atomic mass is 19.1. The number of hydrogen-bond acceptors (Lipinski definition) is 3. The summed E-state index contributed by atoms with van der Waals surface area (Å²) in [7, 11) is 0. The number of anilines is 1. The lowest BCUT2D eigenvalue weighted by molar-refractivity contribution is 0.0933. The fourth-order valence-corrected chi connectivity index (χ4v) is 2.18. The maximum Gasteiger partial charge on any atom is 0.254 e. The standard InChI is InChI=1S/C14H22FN3O/c1-8(2)11(9(3)4)7-18-14(19)10-5-6-17-13(16)12(10)15/h5-6,8-9,11H,7H2,1-4H3,(H2,16,17)(H,18,19). The molecule has 19 heavy (non-hydrogen) atoms. The van der Waals surface area contributed by atoms with Crippen molar-refractivity contribution in [2.24, 2.45) is 17.8 Å². The van der Waals surface area contributed by atoms with Crippen LogP contribution in [0.4, 0.5) is 10.2 Å². The summed E-state index contributed by atoms with van der Waals surface area (Å²) in [5.74, 6) is -0.202. The minimum atomic E-state index is -0.759. The van der Waals surface area contributed by atoms with E-state index in [1.54, 1.807) is 0 Å². The number of nitrogen functional groups attached to an aromatic ring is 1. The van der Waals surface area contributed by atoms with Crippen LogP contribution in [0.1, 0.15) is 38.1 Å². The normalized spacial score (nSPS) is 11.4. The van der Waals surface area contributed by atoms with E-state index in [1.807, 2.05) is 0 Å². The lowest BCUT2D eigenvalue weighted by Crippen LogP contribution is -2.34. The monoisotopic (exact) mass is 267 g/mol. The van der Waals surface area contributed by atoms with Crippen LogP contribution in [0.25, 0.3) is 0 Å². The van der Waals surface area contributed by atoms with Gasteiger partial charge in [-0.15, -0.1) is 0 Å². The van der Waals surface area contributed by atoms with Crippen molar-refractivity contribution in [1.82, 2.24) is 10.3 Å². The molecule has 0 unspecified atom stereocenters. The van der Waals surface area contributed by atoms with Gasteiger partial charge in [-0.3, -0.25) is 4.79 Å². The number of amides is 1. The summed E-state index contributed by atoms with van der Waals surface area (Å²) in [6, 6.07) is 1.33. The Kier molecular flexibility index (Phi) is 5.27. The van der Waals surface area contributed by atoms with Gasteiger partial charge in [0.15, 0.2) is 11.6 Å². The van der Waals surface area contributed by atoms with Gasteiger partial charge in [-0.1, -0.05) is 27.7 Å². The zero-order valence-electron chi connectivity index (χ0n) is 11.9. The zero-order chi connectivity index (χ0) is 14.6. The Labute approximate surface area is 113 Å². The molecule has 1 aromatic heterocycles. The molecule has 106 valence electrons. The van der Waals surface area contributed by atoms with Crippen molar-refractivity contribution in [3.63, 3.8) is 0 Å². The molecule has 0 spiro atoms. The smallest absolute Gasteiger partial charge is 0.254 e. The molecule has 0 saturated heterocycles. The van der Waals surface area contributed by atoms with Crippen LogP contribution in [0.3, 0.4) is 0 Å². The van der Waals surface area contributed by atoms with Crippen molar-refractivity contribution in [2.75, 3.05) is 12.3 Å². The van der Waals surface area contributed by atoms with Crippen molar-refractivity contribution < 1.29 is 9.18 Å². The molecule has 1 amide bonds. The first kappa shape index (κ1) is 15.4. The molecule has 1 aromatic rings. The van der Waals surface area contributed by atoms with E-state index in [4.69, 9.17) is 5.73 Å².